The minimum absolute atomic E-state index is 0.673. The molecule has 1 atom stereocenters. The molecule has 4 bridgehead atoms. The van der Waals surface area contributed by atoms with E-state index in [1.807, 2.05) is 0 Å². The lowest BCUT2D eigenvalue weighted by molar-refractivity contribution is -0.0592. The van der Waals surface area contributed by atoms with E-state index in [1.54, 1.807) is 6.42 Å². The summed E-state index contributed by atoms with van der Waals surface area (Å²) in [5.74, 6) is 4.87. The molecular formula is C16H24N2. The summed E-state index contributed by atoms with van der Waals surface area (Å²) in [6.45, 7) is 2.50. The molecule has 1 aliphatic heterocycles. The SMILES string of the molecule is N#CCC1CCN(C2C3CC4CC(C3)CC2C4)C1. The standard InChI is InChI=1S/C16H24N2/c17-3-1-11-2-4-18(10-11)16-14-6-12-5-13(8-14)9-15(16)7-12/h11-16H,1-2,4-10H2. The maximum absolute atomic E-state index is 8.86. The second-order valence-corrected chi connectivity index (χ2v) is 7.43. The summed E-state index contributed by atoms with van der Waals surface area (Å²) in [4.78, 5) is 2.79. The number of rotatable bonds is 2. The smallest absolute Gasteiger partial charge is 0.0625 e. The Morgan fingerprint density at radius 3 is 2.28 bits per heavy atom. The third-order valence-electron chi connectivity index (χ3n) is 6.30. The maximum Gasteiger partial charge on any atom is 0.0625 e. The highest BCUT2D eigenvalue weighted by Crippen LogP contribution is 2.55. The van der Waals surface area contributed by atoms with Gasteiger partial charge in [0.05, 0.1) is 6.07 Å². The van der Waals surface area contributed by atoms with Crippen molar-refractivity contribution in [2.75, 3.05) is 13.1 Å². The molecule has 1 unspecified atom stereocenters. The molecule has 0 aromatic carbocycles. The Morgan fingerprint density at radius 2 is 1.67 bits per heavy atom. The minimum Gasteiger partial charge on any atom is -0.300 e. The van der Waals surface area contributed by atoms with Crippen molar-refractivity contribution in [1.82, 2.24) is 4.90 Å². The fourth-order valence-corrected chi connectivity index (χ4v) is 5.92. The molecule has 1 saturated heterocycles. The molecule has 5 aliphatic rings. The van der Waals surface area contributed by atoms with Crippen LogP contribution in [0.4, 0.5) is 0 Å². The molecule has 0 radical (unpaired) electrons. The number of hydrogen-bond donors (Lipinski definition) is 0. The Balaban J connectivity index is 1.48. The van der Waals surface area contributed by atoms with Crippen molar-refractivity contribution >= 4 is 0 Å². The third-order valence-corrected chi connectivity index (χ3v) is 6.30. The normalized spacial score (nSPS) is 50.6. The van der Waals surface area contributed by atoms with Gasteiger partial charge in [-0.3, -0.25) is 4.90 Å². The largest absolute Gasteiger partial charge is 0.300 e. The molecule has 1 heterocycles. The Morgan fingerprint density at radius 1 is 1.00 bits per heavy atom. The zero-order valence-electron chi connectivity index (χ0n) is 11.2. The highest BCUT2D eigenvalue weighted by molar-refractivity contribution is 5.03. The molecule has 2 heteroatoms. The first kappa shape index (κ1) is 11.3. The van der Waals surface area contributed by atoms with Crippen molar-refractivity contribution in [1.29, 1.82) is 5.26 Å². The summed E-state index contributed by atoms with van der Waals surface area (Å²) in [5.41, 5.74) is 0. The van der Waals surface area contributed by atoms with Gasteiger partial charge in [-0.2, -0.15) is 5.26 Å². The molecule has 4 saturated carbocycles. The van der Waals surface area contributed by atoms with E-state index < -0.39 is 0 Å². The molecule has 5 rings (SSSR count). The van der Waals surface area contributed by atoms with Gasteiger partial charge in [-0.25, -0.2) is 0 Å². The van der Waals surface area contributed by atoms with E-state index in [9.17, 15) is 0 Å². The van der Waals surface area contributed by atoms with Crippen LogP contribution >= 0.6 is 0 Å². The van der Waals surface area contributed by atoms with Crippen LogP contribution in [-0.4, -0.2) is 24.0 Å². The molecule has 98 valence electrons. The second-order valence-electron chi connectivity index (χ2n) is 7.43. The lowest BCUT2D eigenvalue weighted by Crippen LogP contribution is -2.55. The van der Waals surface area contributed by atoms with Crippen LogP contribution in [0, 0.1) is 40.9 Å². The number of nitriles is 1. The summed E-state index contributed by atoms with van der Waals surface area (Å²) in [5, 5.41) is 8.86. The van der Waals surface area contributed by atoms with E-state index in [4.69, 9.17) is 5.26 Å². The third kappa shape index (κ3) is 1.71. The number of nitrogens with zero attached hydrogens (tertiary/aromatic N) is 2. The van der Waals surface area contributed by atoms with Gasteiger partial charge in [0, 0.05) is 19.0 Å². The van der Waals surface area contributed by atoms with Crippen LogP contribution in [0.5, 0.6) is 0 Å². The molecule has 2 nitrogen and oxygen atoms in total. The number of likely N-dealkylation sites (tertiary alicyclic amines) is 1. The summed E-state index contributed by atoms with van der Waals surface area (Å²) in [7, 11) is 0. The van der Waals surface area contributed by atoms with E-state index in [0.717, 1.165) is 36.1 Å². The predicted molar refractivity (Wildman–Crippen MR) is 70.7 cm³/mol. The van der Waals surface area contributed by atoms with Crippen LogP contribution in [-0.2, 0) is 0 Å². The zero-order valence-corrected chi connectivity index (χ0v) is 11.2. The Hall–Kier alpha value is -0.550. The highest BCUT2D eigenvalue weighted by Gasteiger charge is 2.50. The van der Waals surface area contributed by atoms with Gasteiger partial charge < -0.3 is 0 Å². The van der Waals surface area contributed by atoms with Crippen molar-refractivity contribution in [3.05, 3.63) is 0 Å². The second kappa shape index (κ2) is 4.23. The van der Waals surface area contributed by atoms with Gasteiger partial charge in [0.15, 0.2) is 0 Å². The molecule has 0 amide bonds. The zero-order chi connectivity index (χ0) is 12.1. The quantitative estimate of drug-likeness (QED) is 0.746. The summed E-state index contributed by atoms with van der Waals surface area (Å²) < 4.78 is 0. The van der Waals surface area contributed by atoms with E-state index in [-0.39, 0.29) is 0 Å². The molecule has 0 aromatic rings. The van der Waals surface area contributed by atoms with Gasteiger partial charge in [0.2, 0.25) is 0 Å². The molecule has 0 spiro atoms. The molecule has 18 heavy (non-hydrogen) atoms. The fourth-order valence-electron chi connectivity index (χ4n) is 5.92. The van der Waals surface area contributed by atoms with Gasteiger partial charge in [-0.15, -0.1) is 0 Å². The van der Waals surface area contributed by atoms with Crippen molar-refractivity contribution in [2.45, 2.75) is 51.0 Å². The first-order chi connectivity index (χ1) is 8.83. The van der Waals surface area contributed by atoms with Crippen molar-refractivity contribution in [3.63, 3.8) is 0 Å². The topological polar surface area (TPSA) is 27.0 Å². The van der Waals surface area contributed by atoms with E-state index in [1.165, 1.54) is 45.2 Å². The number of hydrogen-bond acceptors (Lipinski definition) is 2. The first-order valence-corrected chi connectivity index (χ1v) is 7.94. The van der Waals surface area contributed by atoms with E-state index in [2.05, 4.69) is 11.0 Å². The summed E-state index contributed by atoms with van der Waals surface area (Å²) >= 11 is 0. The van der Waals surface area contributed by atoms with Gasteiger partial charge in [0.1, 0.15) is 0 Å². The van der Waals surface area contributed by atoms with E-state index in [0.29, 0.717) is 5.92 Å². The Bertz CT molecular complexity index is 342. The fraction of sp³-hybridized carbons (Fsp3) is 0.938. The monoisotopic (exact) mass is 244 g/mol. The lowest BCUT2D eigenvalue weighted by atomic mass is 9.54. The summed E-state index contributed by atoms with van der Waals surface area (Å²) in [6, 6.07) is 3.28. The first-order valence-electron chi connectivity index (χ1n) is 7.94. The predicted octanol–water partition coefficient (Wildman–Crippen LogP) is 3.05. The molecular weight excluding hydrogens is 220 g/mol. The van der Waals surface area contributed by atoms with Crippen LogP contribution in [0.25, 0.3) is 0 Å². The summed E-state index contributed by atoms with van der Waals surface area (Å²) in [6.07, 6.45) is 9.71. The van der Waals surface area contributed by atoms with Crippen molar-refractivity contribution in [2.24, 2.45) is 29.6 Å². The van der Waals surface area contributed by atoms with Crippen molar-refractivity contribution < 1.29 is 0 Å². The molecule has 0 aromatic heterocycles. The van der Waals surface area contributed by atoms with Gasteiger partial charge in [0.25, 0.3) is 0 Å². The lowest BCUT2D eigenvalue weighted by Gasteiger charge is -2.56. The van der Waals surface area contributed by atoms with Crippen LogP contribution in [0.2, 0.25) is 0 Å². The highest BCUT2D eigenvalue weighted by atomic mass is 15.2. The Labute approximate surface area is 110 Å². The molecule has 4 aliphatic carbocycles. The van der Waals surface area contributed by atoms with Gasteiger partial charge in [-0.1, -0.05) is 0 Å². The molecule has 5 fully saturated rings. The van der Waals surface area contributed by atoms with Gasteiger partial charge >= 0.3 is 0 Å². The maximum atomic E-state index is 8.86. The minimum atomic E-state index is 0.673. The van der Waals surface area contributed by atoms with Crippen LogP contribution in [0.15, 0.2) is 0 Å². The molecule has 0 N–H and O–H groups in total. The Kier molecular flexibility index (Phi) is 2.66. The average molecular weight is 244 g/mol. The van der Waals surface area contributed by atoms with Gasteiger partial charge in [-0.05, 0) is 74.7 Å². The van der Waals surface area contributed by atoms with E-state index >= 15 is 0 Å². The van der Waals surface area contributed by atoms with Crippen LogP contribution in [0.1, 0.15) is 44.9 Å². The van der Waals surface area contributed by atoms with Crippen LogP contribution in [0.3, 0.4) is 0 Å². The van der Waals surface area contributed by atoms with Crippen molar-refractivity contribution in [3.8, 4) is 6.07 Å². The average Bonchev–Trinajstić information content (AvgIpc) is 2.76. The van der Waals surface area contributed by atoms with Crippen LogP contribution < -0.4 is 0 Å².